The molecule has 10 nitrogen and oxygen atoms in total. The second-order valence-corrected chi connectivity index (χ2v) is 8.66. The Labute approximate surface area is 186 Å². The zero-order valence-corrected chi connectivity index (χ0v) is 18.4. The molecule has 1 saturated heterocycles. The predicted molar refractivity (Wildman–Crippen MR) is 125 cm³/mol. The number of piperazine rings is 1. The predicted octanol–water partition coefficient (Wildman–Crippen LogP) is 1.68. The first-order chi connectivity index (χ1) is 15.2. The number of pyridine rings is 1. The number of nitrogen functional groups attached to an aromatic ring is 2. The maximum Gasteiger partial charge on any atom is 0.330 e. The van der Waals surface area contributed by atoms with Gasteiger partial charge in [-0.3, -0.25) is 0 Å². The van der Waals surface area contributed by atoms with Gasteiger partial charge in [0, 0.05) is 31.2 Å². The first kappa shape index (κ1) is 21.7. The largest absolute Gasteiger partial charge is 0.458 e. The molecule has 0 bridgehead atoms. The molecule has 1 fully saturated rings. The maximum absolute atomic E-state index is 12.8. The van der Waals surface area contributed by atoms with E-state index >= 15 is 0 Å². The van der Waals surface area contributed by atoms with Crippen molar-refractivity contribution in [1.82, 2.24) is 20.3 Å². The number of hydrogen-bond donors (Lipinski definition) is 4. The molecule has 3 aromatic rings. The van der Waals surface area contributed by atoms with Crippen LogP contribution in [0.2, 0.25) is 0 Å². The second-order valence-electron chi connectivity index (χ2n) is 8.66. The summed E-state index contributed by atoms with van der Waals surface area (Å²) in [7, 11) is 0. The number of carbonyl (C=O) groups is 1. The molecule has 1 aromatic carbocycles. The van der Waals surface area contributed by atoms with Crippen LogP contribution in [0.5, 0.6) is 0 Å². The Morgan fingerprint density at radius 3 is 2.75 bits per heavy atom. The highest BCUT2D eigenvalue weighted by atomic mass is 16.6. The average Bonchev–Trinajstić information content (AvgIpc) is 2.77. The Hall–Kier alpha value is -3.50. The third-order valence-electron chi connectivity index (χ3n) is 5.15. The second kappa shape index (κ2) is 8.56. The fourth-order valence-corrected chi connectivity index (χ4v) is 3.75. The Bertz CT molecular complexity index is 1140. The fraction of sp³-hybridized carbons (Fsp3) is 0.364. The summed E-state index contributed by atoms with van der Waals surface area (Å²) in [5, 5.41) is 4.03. The topological polar surface area (TPSA) is 144 Å². The van der Waals surface area contributed by atoms with Crippen molar-refractivity contribution >= 4 is 34.5 Å². The number of fused-ring (bicyclic) bond motifs is 1. The highest BCUT2D eigenvalue weighted by Gasteiger charge is 2.33. The van der Waals surface area contributed by atoms with Crippen molar-refractivity contribution in [3.05, 3.63) is 36.5 Å². The SMILES string of the molecule is CC(C)(C)OC(=O)C1CNCCN1c1cc(-c2ccc3nc(N)nc(NN)c3c2)ccn1. The van der Waals surface area contributed by atoms with Crippen LogP contribution in [0.25, 0.3) is 22.0 Å². The zero-order chi connectivity index (χ0) is 22.9. The zero-order valence-electron chi connectivity index (χ0n) is 18.4. The van der Waals surface area contributed by atoms with Crippen LogP contribution in [0.4, 0.5) is 17.6 Å². The number of ether oxygens (including phenoxy) is 1. The number of nitrogens with one attached hydrogen (secondary N) is 2. The number of carbonyl (C=O) groups excluding carboxylic acids is 1. The lowest BCUT2D eigenvalue weighted by Crippen LogP contribution is -2.56. The number of benzene rings is 1. The summed E-state index contributed by atoms with van der Waals surface area (Å²) in [4.78, 5) is 27.8. The third kappa shape index (κ3) is 4.56. The van der Waals surface area contributed by atoms with Crippen LogP contribution in [0.1, 0.15) is 20.8 Å². The number of esters is 1. The van der Waals surface area contributed by atoms with Crippen LogP contribution in [0, 0.1) is 0 Å². The maximum atomic E-state index is 12.8. The summed E-state index contributed by atoms with van der Waals surface area (Å²) in [5.41, 5.74) is 10.4. The van der Waals surface area contributed by atoms with Gasteiger partial charge in [-0.1, -0.05) is 6.07 Å². The summed E-state index contributed by atoms with van der Waals surface area (Å²) >= 11 is 0. The van der Waals surface area contributed by atoms with Crippen molar-refractivity contribution in [3.8, 4) is 11.1 Å². The van der Waals surface area contributed by atoms with Gasteiger partial charge in [0.05, 0.1) is 5.52 Å². The van der Waals surface area contributed by atoms with Crippen molar-refractivity contribution in [2.75, 3.05) is 35.7 Å². The summed E-state index contributed by atoms with van der Waals surface area (Å²) in [5.74, 6) is 6.67. The molecule has 0 spiro atoms. The molecule has 0 aliphatic carbocycles. The van der Waals surface area contributed by atoms with Gasteiger partial charge in [0.2, 0.25) is 5.95 Å². The van der Waals surface area contributed by atoms with E-state index < -0.39 is 11.6 Å². The van der Waals surface area contributed by atoms with Crippen LogP contribution in [0.3, 0.4) is 0 Å². The third-order valence-corrected chi connectivity index (χ3v) is 5.15. The Balaban J connectivity index is 1.68. The van der Waals surface area contributed by atoms with Crippen LogP contribution >= 0.6 is 0 Å². The van der Waals surface area contributed by atoms with E-state index in [0.29, 0.717) is 30.2 Å². The van der Waals surface area contributed by atoms with E-state index in [-0.39, 0.29) is 11.9 Å². The summed E-state index contributed by atoms with van der Waals surface area (Å²) in [6, 6.07) is 9.22. The van der Waals surface area contributed by atoms with Crippen molar-refractivity contribution in [1.29, 1.82) is 0 Å². The summed E-state index contributed by atoms with van der Waals surface area (Å²) in [6.07, 6.45) is 1.74. The van der Waals surface area contributed by atoms with Crippen molar-refractivity contribution in [3.63, 3.8) is 0 Å². The number of hydrogen-bond acceptors (Lipinski definition) is 10. The van der Waals surface area contributed by atoms with E-state index in [1.807, 2.05) is 56.0 Å². The molecular formula is C22H28N8O2. The molecule has 0 saturated carbocycles. The van der Waals surface area contributed by atoms with E-state index in [2.05, 4.69) is 25.7 Å². The van der Waals surface area contributed by atoms with E-state index in [1.54, 1.807) is 6.20 Å². The molecule has 1 unspecified atom stereocenters. The molecule has 168 valence electrons. The molecule has 1 atom stereocenters. The van der Waals surface area contributed by atoms with Crippen LogP contribution in [0.15, 0.2) is 36.5 Å². The van der Waals surface area contributed by atoms with Gasteiger partial charge in [-0.15, -0.1) is 0 Å². The van der Waals surface area contributed by atoms with Gasteiger partial charge in [-0.25, -0.2) is 20.6 Å². The summed E-state index contributed by atoms with van der Waals surface area (Å²) in [6.45, 7) is 7.50. The minimum Gasteiger partial charge on any atom is -0.458 e. The first-order valence-corrected chi connectivity index (χ1v) is 10.5. The van der Waals surface area contributed by atoms with Gasteiger partial charge in [0.1, 0.15) is 17.5 Å². The van der Waals surface area contributed by atoms with Gasteiger partial charge in [0.15, 0.2) is 5.82 Å². The van der Waals surface area contributed by atoms with Gasteiger partial charge < -0.3 is 26.1 Å². The molecule has 3 heterocycles. The number of hydrazine groups is 1. The Morgan fingerprint density at radius 2 is 2.00 bits per heavy atom. The number of anilines is 3. The van der Waals surface area contributed by atoms with E-state index in [1.165, 1.54) is 0 Å². The van der Waals surface area contributed by atoms with Crippen LogP contribution in [-0.4, -0.2) is 52.2 Å². The molecule has 1 aliphatic heterocycles. The van der Waals surface area contributed by atoms with Crippen LogP contribution < -0.4 is 27.2 Å². The van der Waals surface area contributed by atoms with Gasteiger partial charge in [-0.2, -0.15) is 4.98 Å². The van der Waals surface area contributed by atoms with Crippen LogP contribution in [-0.2, 0) is 9.53 Å². The number of nitrogens with two attached hydrogens (primary N) is 2. The Kier molecular flexibility index (Phi) is 5.81. The number of nitrogens with zero attached hydrogens (tertiary/aromatic N) is 4. The average molecular weight is 437 g/mol. The first-order valence-electron chi connectivity index (χ1n) is 10.5. The minimum atomic E-state index is -0.555. The molecule has 6 N–H and O–H groups in total. The van der Waals surface area contributed by atoms with E-state index in [4.69, 9.17) is 16.3 Å². The van der Waals surface area contributed by atoms with E-state index in [0.717, 1.165) is 23.1 Å². The van der Waals surface area contributed by atoms with Crippen molar-refractivity contribution in [2.45, 2.75) is 32.4 Å². The molecule has 10 heteroatoms. The molecule has 0 amide bonds. The minimum absolute atomic E-state index is 0.149. The number of aromatic nitrogens is 3. The molecule has 32 heavy (non-hydrogen) atoms. The van der Waals surface area contributed by atoms with Crippen molar-refractivity contribution in [2.24, 2.45) is 5.84 Å². The van der Waals surface area contributed by atoms with Crippen molar-refractivity contribution < 1.29 is 9.53 Å². The van der Waals surface area contributed by atoms with E-state index in [9.17, 15) is 4.79 Å². The molecule has 2 aromatic heterocycles. The Morgan fingerprint density at radius 1 is 1.22 bits per heavy atom. The molecule has 4 rings (SSSR count). The molecule has 1 aliphatic rings. The van der Waals surface area contributed by atoms with Gasteiger partial charge in [0.25, 0.3) is 0 Å². The van der Waals surface area contributed by atoms with Gasteiger partial charge in [-0.05, 0) is 56.2 Å². The quantitative estimate of drug-likeness (QED) is 0.271. The molecular weight excluding hydrogens is 408 g/mol. The lowest BCUT2D eigenvalue weighted by Gasteiger charge is -2.37. The monoisotopic (exact) mass is 436 g/mol. The normalized spacial score (nSPS) is 16.8. The fourth-order valence-electron chi connectivity index (χ4n) is 3.75. The lowest BCUT2D eigenvalue weighted by atomic mass is 10.0. The highest BCUT2D eigenvalue weighted by molar-refractivity contribution is 5.93. The number of rotatable bonds is 4. The summed E-state index contributed by atoms with van der Waals surface area (Å²) < 4.78 is 5.64. The standard InChI is InChI=1S/C22H28N8O2/c1-22(2,3)32-20(31)17-12-25-8-9-30(17)18-11-14(6-7-26-18)13-4-5-16-15(10-13)19(29-24)28-21(23)27-16/h4-7,10-11,17,25H,8-9,12,24H2,1-3H3,(H3,23,27,28,29). The smallest absolute Gasteiger partial charge is 0.330 e. The molecule has 0 radical (unpaired) electrons. The van der Waals surface area contributed by atoms with Gasteiger partial charge >= 0.3 is 5.97 Å². The highest BCUT2D eigenvalue weighted by Crippen LogP contribution is 2.30. The lowest BCUT2D eigenvalue weighted by molar-refractivity contribution is -0.156.